The average molecular weight is 256 g/mol. The molecule has 2 fully saturated rings. The van der Waals surface area contributed by atoms with Gasteiger partial charge in [-0.1, -0.05) is 36.4 Å². The van der Waals surface area contributed by atoms with Crippen molar-refractivity contribution in [3.8, 4) is 0 Å². The molecule has 2 aliphatic carbocycles. The summed E-state index contributed by atoms with van der Waals surface area (Å²) in [4.78, 5) is 11.2. The van der Waals surface area contributed by atoms with Gasteiger partial charge in [0.15, 0.2) is 0 Å². The summed E-state index contributed by atoms with van der Waals surface area (Å²) in [5.74, 6) is 2.61. The summed E-state index contributed by atoms with van der Waals surface area (Å²) < 4.78 is 4.65. The summed E-state index contributed by atoms with van der Waals surface area (Å²) in [6.45, 7) is 0. The molecular formula is C17H20O2. The van der Waals surface area contributed by atoms with Gasteiger partial charge in [-0.15, -0.1) is 0 Å². The van der Waals surface area contributed by atoms with Crippen LogP contribution in [-0.2, 0) is 9.53 Å². The van der Waals surface area contributed by atoms with E-state index in [4.69, 9.17) is 0 Å². The maximum Gasteiger partial charge on any atom is 0.330 e. The van der Waals surface area contributed by atoms with Crippen molar-refractivity contribution < 1.29 is 9.53 Å². The molecule has 4 atom stereocenters. The number of carbonyl (C=O) groups excluding carboxylic acids is 1. The molecule has 1 aromatic carbocycles. The Kier molecular flexibility index (Phi) is 3.41. The molecule has 0 N–H and O–H groups in total. The first-order valence-electron chi connectivity index (χ1n) is 7.09. The molecule has 0 aromatic heterocycles. The van der Waals surface area contributed by atoms with Crippen molar-refractivity contribution in [3.05, 3.63) is 48.0 Å². The summed E-state index contributed by atoms with van der Waals surface area (Å²) in [5, 5.41) is 0. The van der Waals surface area contributed by atoms with Crippen molar-refractivity contribution in [3.63, 3.8) is 0 Å². The molecule has 100 valence electrons. The van der Waals surface area contributed by atoms with E-state index in [1.165, 1.54) is 31.9 Å². The molecule has 0 spiro atoms. The maximum absolute atomic E-state index is 11.2. The van der Waals surface area contributed by atoms with Gasteiger partial charge in [0.2, 0.25) is 0 Å². The zero-order valence-corrected chi connectivity index (χ0v) is 11.3. The van der Waals surface area contributed by atoms with Gasteiger partial charge in [0.05, 0.1) is 7.11 Å². The Morgan fingerprint density at radius 3 is 2.58 bits per heavy atom. The maximum atomic E-state index is 11.2. The number of rotatable bonds is 3. The molecule has 3 rings (SSSR count). The molecule has 0 heterocycles. The van der Waals surface area contributed by atoms with Gasteiger partial charge >= 0.3 is 5.97 Å². The fourth-order valence-electron chi connectivity index (χ4n) is 3.93. The van der Waals surface area contributed by atoms with E-state index in [9.17, 15) is 4.79 Å². The van der Waals surface area contributed by atoms with E-state index in [-0.39, 0.29) is 5.97 Å². The predicted octanol–water partition coefficient (Wildman–Crippen LogP) is 3.55. The first-order chi connectivity index (χ1) is 9.28. The minimum Gasteiger partial charge on any atom is -0.466 e. The van der Waals surface area contributed by atoms with Crippen LogP contribution in [0, 0.1) is 17.8 Å². The molecule has 0 radical (unpaired) electrons. The molecule has 0 amide bonds. The predicted molar refractivity (Wildman–Crippen MR) is 74.7 cm³/mol. The van der Waals surface area contributed by atoms with Crippen molar-refractivity contribution >= 4 is 5.97 Å². The molecule has 1 aromatic rings. The van der Waals surface area contributed by atoms with Crippen molar-refractivity contribution in [2.75, 3.05) is 7.11 Å². The Labute approximate surface area is 114 Å². The number of hydrogen-bond acceptors (Lipinski definition) is 2. The number of benzene rings is 1. The van der Waals surface area contributed by atoms with E-state index < -0.39 is 0 Å². The second-order valence-corrected chi connectivity index (χ2v) is 5.79. The summed E-state index contributed by atoms with van der Waals surface area (Å²) in [5.41, 5.74) is 1.49. The lowest BCUT2D eigenvalue weighted by Crippen LogP contribution is -2.15. The first kappa shape index (κ1) is 12.5. The number of hydrogen-bond donors (Lipinski definition) is 0. The summed E-state index contributed by atoms with van der Waals surface area (Å²) in [6.07, 6.45) is 7.47. The third kappa shape index (κ3) is 2.44. The Hall–Kier alpha value is -1.57. The SMILES string of the molecule is COC(=O)/C=C/C1CC2CC1CC2c1ccccc1. The van der Waals surface area contributed by atoms with Crippen LogP contribution in [0.3, 0.4) is 0 Å². The van der Waals surface area contributed by atoms with Crippen LogP contribution in [0.15, 0.2) is 42.5 Å². The minimum absolute atomic E-state index is 0.234. The zero-order chi connectivity index (χ0) is 13.2. The van der Waals surface area contributed by atoms with Crippen molar-refractivity contribution in [1.29, 1.82) is 0 Å². The first-order valence-corrected chi connectivity index (χ1v) is 7.09. The van der Waals surface area contributed by atoms with Gasteiger partial charge in [-0.3, -0.25) is 0 Å². The highest BCUT2D eigenvalue weighted by atomic mass is 16.5. The highest BCUT2D eigenvalue weighted by molar-refractivity contribution is 5.81. The summed E-state index contributed by atoms with van der Waals surface area (Å²) in [7, 11) is 1.43. The Morgan fingerprint density at radius 1 is 1.16 bits per heavy atom. The fourth-order valence-corrected chi connectivity index (χ4v) is 3.93. The van der Waals surface area contributed by atoms with Crippen molar-refractivity contribution in [2.45, 2.75) is 25.2 Å². The Balaban J connectivity index is 1.65. The lowest BCUT2D eigenvalue weighted by Gasteiger charge is -2.26. The van der Waals surface area contributed by atoms with Crippen LogP contribution in [0.1, 0.15) is 30.7 Å². The van der Waals surface area contributed by atoms with E-state index in [1.807, 2.05) is 0 Å². The van der Waals surface area contributed by atoms with Gasteiger partial charge in [-0.05, 0) is 48.5 Å². The van der Waals surface area contributed by atoms with Crippen molar-refractivity contribution in [2.24, 2.45) is 17.8 Å². The van der Waals surface area contributed by atoms with Crippen LogP contribution in [0.4, 0.5) is 0 Å². The fraction of sp³-hybridized carbons (Fsp3) is 0.471. The Morgan fingerprint density at radius 2 is 1.95 bits per heavy atom. The smallest absolute Gasteiger partial charge is 0.330 e. The molecule has 2 heteroatoms. The highest BCUT2D eigenvalue weighted by Crippen LogP contribution is 2.55. The number of methoxy groups -OCH3 is 1. The molecule has 2 saturated carbocycles. The number of esters is 1. The van der Waals surface area contributed by atoms with Gasteiger partial charge < -0.3 is 4.74 Å². The monoisotopic (exact) mass is 256 g/mol. The quantitative estimate of drug-likeness (QED) is 0.610. The van der Waals surface area contributed by atoms with Gasteiger partial charge in [0.1, 0.15) is 0 Å². The van der Waals surface area contributed by atoms with Crippen LogP contribution in [0.2, 0.25) is 0 Å². The molecule has 19 heavy (non-hydrogen) atoms. The van der Waals surface area contributed by atoms with E-state index in [0.717, 1.165) is 17.8 Å². The third-order valence-electron chi connectivity index (χ3n) is 4.82. The minimum atomic E-state index is -0.234. The van der Waals surface area contributed by atoms with Gasteiger partial charge in [0.25, 0.3) is 0 Å². The molecular weight excluding hydrogens is 236 g/mol. The number of fused-ring (bicyclic) bond motifs is 2. The van der Waals surface area contributed by atoms with E-state index in [1.54, 1.807) is 6.08 Å². The van der Waals surface area contributed by atoms with E-state index in [0.29, 0.717) is 5.92 Å². The summed E-state index contributed by atoms with van der Waals surface area (Å²) >= 11 is 0. The number of carbonyl (C=O) groups is 1. The van der Waals surface area contributed by atoms with Crippen LogP contribution < -0.4 is 0 Å². The van der Waals surface area contributed by atoms with E-state index in [2.05, 4.69) is 41.1 Å². The zero-order valence-electron chi connectivity index (χ0n) is 11.3. The molecule has 2 nitrogen and oxygen atoms in total. The molecule has 0 saturated heterocycles. The van der Waals surface area contributed by atoms with Gasteiger partial charge in [-0.25, -0.2) is 4.79 Å². The summed E-state index contributed by atoms with van der Waals surface area (Å²) in [6, 6.07) is 10.9. The lowest BCUT2D eigenvalue weighted by molar-refractivity contribution is -0.134. The molecule has 4 unspecified atom stereocenters. The normalized spacial score (nSPS) is 32.9. The van der Waals surface area contributed by atoms with Crippen LogP contribution in [0.25, 0.3) is 0 Å². The molecule has 0 aliphatic heterocycles. The topological polar surface area (TPSA) is 26.3 Å². The van der Waals surface area contributed by atoms with Crippen LogP contribution in [-0.4, -0.2) is 13.1 Å². The number of ether oxygens (including phenoxy) is 1. The van der Waals surface area contributed by atoms with Crippen LogP contribution >= 0.6 is 0 Å². The standard InChI is InChI=1S/C17H20O2/c1-19-17(18)8-7-13-9-15-10-14(13)11-16(15)12-5-3-2-4-6-12/h2-8,13-16H,9-11H2,1H3/b8-7+. The third-order valence-corrected chi connectivity index (χ3v) is 4.82. The largest absolute Gasteiger partial charge is 0.466 e. The average Bonchev–Trinajstić information content (AvgIpc) is 3.05. The second kappa shape index (κ2) is 5.20. The highest BCUT2D eigenvalue weighted by Gasteiger charge is 2.45. The Bertz CT molecular complexity index is 477. The molecule has 2 aliphatic rings. The molecule has 2 bridgehead atoms. The van der Waals surface area contributed by atoms with Gasteiger partial charge in [-0.2, -0.15) is 0 Å². The van der Waals surface area contributed by atoms with E-state index >= 15 is 0 Å². The van der Waals surface area contributed by atoms with Gasteiger partial charge in [0, 0.05) is 6.08 Å². The lowest BCUT2D eigenvalue weighted by atomic mass is 9.78. The second-order valence-electron chi connectivity index (χ2n) is 5.79. The van der Waals surface area contributed by atoms with Crippen LogP contribution in [0.5, 0.6) is 0 Å². The van der Waals surface area contributed by atoms with Crippen molar-refractivity contribution in [1.82, 2.24) is 0 Å². The number of allylic oxidation sites excluding steroid dienone is 1.